The van der Waals surface area contributed by atoms with Gasteiger partial charge in [0.2, 0.25) is 0 Å². The van der Waals surface area contributed by atoms with Crippen molar-refractivity contribution in [3.8, 4) is 0 Å². The largest absolute Gasteiger partial charge is 0.280 e. The van der Waals surface area contributed by atoms with Gasteiger partial charge in [-0.05, 0) is 18.6 Å². The second kappa shape index (κ2) is 4.33. The first-order valence-corrected chi connectivity index (χ1v) is 5.06. The highest BCUT2D eigenvalue weighted by Gasteiger charge is 2.14. The van der Waals surface area contributed by atoms with Gasteiger partial charge in [0, 0.05) is 5.33 Å². The number of pyridine rings is 1. The van der Waals surface area contributed by atoms with Crippen LogP contribution in [0.4, 0.5) is 8.78 Å². The Labute approximate surface area is 88.2 Å². The second-order valence-corrected chi connectivity index (χ2v) is 3.52. The summed E-state index contributed by atoms with van der Waals surface area (Å²) in [5.74, 6) is 0. The number of alkyl halides is 3. The minimum atomic E-state index is -2.55. The highest BCUT2D eigenvalue weighted by molar-refractivity contribution is 9.08. The van der Waals surface area contributed by atoms with Crippen molar-refractivity contribution in [1.29, 1.82) is 0 Å². The number of rotatable bonds is 2. The maximum atomic E-state index is 12.4. The van der Waals surface area contributed by atoms with E-state index >= 15 is 0 Å². The molecule has 1 aromatic rings. The Morgan fingerprint density at radius 1 is 1.62 bits per heavy atom. The van der Waals surface area contributed by atoms with E-state index in [0.29, 0.717) is 21.6 Å². The van der Waals surface area contributed by atoms with Crippen molar-refractivity contribution in [3.63, 3.8) is 0 Å². The molecule has 0 radical (unpaired) electrons. The first kappa shape index (κ1) is 10.9. The van der Waals surface area contributed by atoms with E-state index in [1.807, 2.05) is 0 Å². The molecule has 1 heterocycles. The van der Waals surface area contributed by atoms with Crippen LogP contribution in [0.25, 0.3) is 0 Å². The summed E-state index contributed by atoms with van der Waals surface area (Å²) in [6, 6.07) is 1.51. The van der Waals surface area contributed by atoms with E-state index in [-0.39, 0.29) is 5.69 Å². The standard InChI is InChI=1S/C8H7BrClF2N/c1-4-2-5(10)6(3-9)13-7(4)8(11)12/h2,8H,3H2,1H3. The lowest BCUT2D eigenvalue weighted by Crippen LogP contribution is -1.98. The molecule has 0 saturated heterocycles. The number of halogens is 4. The molecular formula is C8H7BrClF2N. The van der Waals surface area contributed by atoms with Crippen molar-refractivity contribution in [1.82, 2.24) is 4.98 Å². The molecule has 0 aromatic carbocycles. The van der Waals surface area contributed by atoms with Gasteiger partial charge in [-0.25, -0.2) is 13.8 Å². The lowest BCUT2D eigenvalue weighted by molar-refractivity contribution is 0.145. The Hall–Kier alpha value is -0.220. The van der Waals surface area contributed by atoms with Crippen LogP contribution in [-0.2, 0) is 5.33 Å². The monoisotopic (exact) mass is 269 g/mol. The molecule has 5 heteroatoms. The molecule has 0 unspecified atom stereocenters. The summed E-state index contributed by atoms with van der Waals surface area (Å²) in [5.41, 5.74) is 0.672. The Balaban J connectivity index is 3.22. The van der Waals surface area contributed by atoms with Crippen LogP contribution in [0, 0.1) is 6.92 Å². The smallest absolute Gasteiger partial charge is 0.249 e. The fraction of sp³-hybridized carbons (Fsp3) is 0.375. The van der Waals surface area contributed by atoms with E-state index < -0.39 is 6.43 Å². The Kier molecular flexibility index (Phi) is 3.62. The first-order valence-electron chi connectivity index (χ1n) is 3.56. The van der Waals surface area contributed by atoms with Gasteiger partial charge >= 0.3 is 0 Å². The minimum absolute atomic E-state index is 0.196. The molecular weight excluding hydrogens is 263 g/mol. The first-order chi connectivity index (χ1) is 6.06. The molecule has 0 N–H and O–H groups in total. The quantitative estimate of drug-likeness (QED) is 0.743. The Morgan fingerprint density at radius 2 is 2.23 bits per heavy atom. The van der Waals surface area contributed by atoms with Gasteiger partial charge in [-0.3, -0.25) is 0 Å². The number of nitrogens with zero attached hydrogens (tertiary/aromatic N) is 1. The van der Waals surface area contributed by atoms with Crippen LogP contribution in [0.15, 0.2) is 6.07 Å². The molecule has 0 aliphatic carbocycles. The normalized spacial score (nSPS) is 10.9. The molecule has 1 aromatic heterocycles. The SMILES string of the molecule is Cc1cc(Cl)c(CBr)nc1C(F)F. The van der Waals surface area contributed by atoms with Gasteiger partial charge in [-0.15, -0.1) is 0 Å². The van der Waals surface area contributed by atoms with Gasteiger partial charge in [0.15, 0.2) is 0 Å². The highest BCUT2D eigenvalue weighted by Crippen LogP contribution is 2.26. The third-order valence-electron chi connectivity index (χ3n) is 1.61. The van der Waals surface area contributed by atoms with Gasteiger partial charge < -0.3 is 0 Å². The topological polar surface area (TPSA) is 12.9 Å². The van der Waals surface area contributed by atoms with Crippen LogP contribution in [-0.4, -0.2) is 4.98 Å². The summed E-state index contributed by atoms with van der Waals surface area (Å²) in [6.45, 7) is 1.57. The van der Waals surface area contributed by atoms with Crippen LogP contribution in [0.3, 0.4) is 0 Å². The summed E-state index contributed by atoms with van der Waals surface area (Å²) in [5, 5.41) is 0.796. The maximum Gasteiger partial charge on any atom is 0.280 e. The minimum Gasteiger partial charge on any atom is -0.249 e. The lowest BCUT2D eigenvalue weighted by Gasteiger charge is -2.07. The fourth-order valence-electron chi connectivity index (χ4n) is 0.949. The van der Waals surface area contributed by atoms with Crippen molar-refractivity contribution < 1.29 is 8.78 Å². The highest BCUT2D eigenvalue weighted by atomic mass is 79.9. The van der Waals surface area contributed by atoms with E-state index in [0.717, 1.165) is 0 Å². The van der Waals surface area contributed by atoms with Crippen LogP contribution < -0.4 is 0 Å². The molecule has 0 spiro atoms. The maximum absolute atomic E-state index is 12.4. The summed E-state index contributed by atoms with van der Waals surface area (Å²) in [6.07, 6.45) is -2.55. The third-order valence-corrected chi connectivity index (χ3v) is 2.47. The molecule has 0 amide bonds. The predicted molar refractivity (Wildman–Crippen MR) is 51.6 cm³/mol. The molecule has 0 bridgehead atoms. The van der Waals surface area contributed by atoms with E-state index in [4.69, 9.17) is 11.6 Å². The van der Waals surface area contributed by atoms with E-state index in [2.05, 4.69) is 20.9 Å². The van der Waals surface area contributed by atoms with E-state index in [9.17, 15) is 8.78 Å². The summed E-state index contributed by atoms with van der Waals surface area (Å²) in [7, 11) is 0. The van der Waals surface area contributed by atoms with Crippen LogP contribution in [0.5, 0.6) is 0 Å². The molecule has 0 saturated carbocycles. The lowest BCUT2D eigenvalue weighted by atomic mass is 10.2. The molecule has 72 valence electrons. The summed E-state index contributed by atoms with van der Waals surface area (Å²) < 4.78 is 24.7. The van der Waals surface area contributed by atoms with Gasteiger partial charge in [-0.1, -0.05) is 27.5 Å². The van der Waals surface area contributed by atoms with Gasteiger partial charge in [0.05, 0.1) is 10.7 Å². The molecule has 1 nitrogen and oxygen atoms in total. The van der Waals surface area contributed by atoms with Crippen molar-refractivity contribution in [2.24, 2.45) is 0 Å². The molecule has 0 aliphatic rings. The molecule has 0 atom stereocenters. The summed E-state index contributed by atoms with van der Waals surface area (Å²) >= 11 is 8.89. The summed E-state index contributed by atoms with van der Waals surface area (Å²) in [4.78, 5) is 3.76. The Morgan fingerprint density at radius 3 is 2.69 bits per heavy atom. The number of aryl methyl sites for hydroxylation is 1. The van der Waals surface area contributed by atoms with Gasteiger partial charge in [-0.2, -0.15) is 0 Å². The van der Waals surface area contributed by atoms with E-state index in [1.165, 1.54) is 6.07 Å². The second-order valence-electron chi connectivity index (χ2n) is 2.55. The molecule has 0 aliphatic heterocycles. The van der Waals surface area contributed by atoms with Crippen LogP contribution in [0.2, 0.25) is 5.02 Å². The van der Waals surface area contributed by atoms with Crippen molar-refractivity contribution in [2.75, 3.05) is 0 Å². The van der Waals surface area contributed by atoms with Crippen molar-refractivity contribution in [3.05, 3.63) is 28.0 Å². The Bertz CT molecular complexity index is 317. The number of aromatic nitrogens is 1. The number of hydrogen-bond acceptors (Lipinski definition) is 1. The van der Waals surface area contributed by atoms with E-state index in [1.54, 1.807) is 6.92 Å². The average Bonchev–Trinajstić information content (AvgIpc) is 2.03. The zero-order valence-corrected chi connectivity index (χ0v) is 9.16. The molecule has 13 heavy (non-hydrogen) atoms. The fourth-order valence-corrected chi connectivity index (χ4v) is 1.81. The van der Waals surface area contributed by atoms with Crippen LogP contribution in [0.1, 0.15) is 23.4 Å². The predicted octanol–water partition coefficient (Wildman–Crippen LogP) is 3.88. The average molecular weight is 271 g/mol. The zero-order valence-electron chi connectivity index (χ0n) is 6.82. The molecule has 1 rings (SSSR count). The van der Waals surface area contributed by atoms with Gasteiger partial charge in [0.25, 0.3) is 6.43 Å². The van der Waals surface area contributed by atoms with Crippen LogP contribution >= 0.6 is 27.5 Å². The van der Waals surface area contributed by atoms with Crippen molar-refractivity contribution in [2.45, 2.75) is 18.7 Å². The van der Waals surface area contributed by atoms with Gasteiger partial charge in [0.1, 0.15) is 5.69 Å². The number of hydrogen-bond donors (Lipinski definition) is 0. The molecule has 0 fully saturated rings. The third kappa shape index (κ3) is 2.38. The van der Waals surface area contributed by atoms with Crippen molar-refractivity contribution >= 4 is 27.5 Å². The zero-order chi connectivity index (χ0) is 10.0.